The lowest BCUT2D eigenvalue weighted by Crippen LogP contribution is -2.31. The number of aromatic nitrogens is 2. The van der Waals surface area contributed by atoms with Gasteiger partial charge in [-0.3, -0.25) is 0 Å². The molecular formula is C14H22BrN3. The maximum Gasteiger partial charge on any atom is 0.127 e. The summed E-state index contributed by atoms with van der Waals surface area (Å²) in [6.45, 7) is 5.94. The van der Waals surface area contributed by atoms with Gasteiger partial charge in [0.1, 0.15) is 10.4 Å². The second-order valence-electron chi connectivity index (χ2n) is 6.04. The summed E-state index contributed by atoms with van der Waals surface area (Å²) in [7, 11) is 2.22. The average Bonchev–Trinajstić information content (AvgIpc) is 2.67. The lowest BCUT2D eigenvalue weighted by atomic mass is 9.95. The highest BCUT2D eigenvalue weighted by Crippen LogP contribution is 2.34. The molecule has 1 unspecified atom stereocenters. The summed E-state index contributed by atoms with van der Waals surface area (Å²) < 4.78 is 3.61. The van der Waals surface area contributed by atoms with Gasteiger partial charge in [0.2, 0.25) is 0 Å². The fourth-order valence-electron chi connectivity index (χ4n) is 3.28. The lowest BCUT2D eigenvalue weighted by Gasteiger charge is -2.30. The molecule has 0 aromatic carbocycles. The molecule has 3 rings (SSSR count). The standard InChI is InChI=1S/C14H22BrN3/c1-10-3-4-12-13(15)16-14(18(12)9-10)11-5-7-17(2)8-6-11/h10-11H,3-9H2,1-2H3. The summed E-state index contributed by atoms with van der Waals surface area (Å²) in [6, 6.07) is 0. The molecule has 1 saturated heterocycles. The Labute approximate surface area is 118 Å². The Morgan fingerprint density at radius 2 is 1.94 bits per heavy atom. The van der Waals surface area contributed by atoms with Crippen molar-refractivity contribution < 1.29 is 0 Å². The van der Waals surface area contributed by atoms with E-state index in [2.05, 4.69) is 39.4 Å². The van der Waals surface area contributed by atoms with Gasteiger partial charge in [-0.25, -0.2) is 4.98 Å². The zero-order valence-corrected chi connectivity index (χ0v) is 12.9. The molecule has 0 spiro atoms. The largest absolute Gasteiger partial charge is 0.330 e. The Balaban J connectivity index is 1.88. The van der Waals surface area contributed by atoms with Crippen LogP contribution >= 0.6 is 15.9 Å². The highest BCUT2D eigenvalue weighted by Gasteiger charge is 2.28. The second-order valence-corrected chi connectivity index (χ2v) is 6.79. The molecule has 0 radical (unpaired) electrons. The minimum Gasteiger partial charge on any atom is -0.330 e. The number of likely N-dealkylation sites (tertiary alicyclic amines) is 1. The zero-order valence-electron chi connectivity index (χ0n) is 11.3. The molecule has 0 bridgehead atoms. The Kier molecular flexibility index (Phi) is 3.50. The maximum absolute atomic E-state index is 4.84. The van der Waals surface area contributed by atoms with Gasteiger partial charge in [0.15, 0.2) is 0 Å². The molecule has 4 heteroatoms. The lowest BCUT2D eigenvalue weighted by molar-refractivity contribution is 0.245. The number of piperidine rings is 1. The van der Waals surface area contributed by atoms with Gasteiger partial charge in [-0.1, -0.05) is 6.92 Å². The van der Waals surface area contributed by atoms with Crippen molar-refractivity contribution in [2.75, 3.05) is 20.1 Å². The van der Waals surface area contributed by atoms with Gasteiger partial charge >= 0.3 is 0 Å². The molecule has 1 aromatic rings. The molecule has 0 aliphatic carbocycles. The van der Waals surface area contributed by atoms with Crippen LogP contribution in [0.25, 0.3) is 0 Å². The number of halogens is 1. The summed E-state index contributed by atoms with van der Waals surface area (Å²) in [4.78, 5) is 7.26. The van der Waals surface area contributed by atoms with E-state index in [9.17, 15) is 0 Å². The Bertz CT molecular complexity index is 432. The third-order valence-electron chi connectivity index (χ3n) is 4.51. The van der Waals surface area contributed by atoms with Gasteiger partial charge in [-0.05, 0) is 67.7 Å². The normalized spacial score (nSPS) is 26.3. The van der Waals surface area contributed by atoms with E-state index in [1.54, 1.807) is 0 Å². The van der Waals surface area contributed by atoms with Crippen molar-refractivity contribution in [3.05, 3.63) is 16.1 Å². The molecule has 1 atom stereocenters. The van der Waals surface area contributed by atoms with Gasteiger partial charge in [0, 0.05) is 12.5 Å². The monoisotopic (exact) mass is 311 g/mol. The van der Waals surface area contributed by atoms with E-state index in [-0.39, 0.29) is 0 Å². The first kappa shape index (κ1) is 12.7. The van der Waals surface area contributed by atoms with E-state index < -0.39 is 0 Å². The third-order valence-corrected chi connectivity index (χ3v) is 5.14. The van der Waals surface area contributed by atoms with E-state index in [0.717, 1.165) is 17.1 Å². The number of hydrogen-bond acceptors (Lipinski definition) is 2. The maximum atomic E-state index is 4.84. The van der Waals surface area contributed by atoms with Crippen molar-refractivity contribution in [3.63, 3.8) is 0 Å². The van der Waals surface area contributed by atoms with E-state index in [0.29, 0.717) is 5.92 Å². The third kappa shape index (κ3) is 2.25. The van der Waals surface area contributed by atoms with E-state index in [4.69, 9.17) is 4.98 Å². The highest BCUT2D eigenvalue weighted by molar-refractivity contribution is 9.10. The zero-order chi connectivity index (χ0) is 12.7. The van der Waals surface area contributed by atoms with Gasteiger partial charge in [-0.15, -0.1) is 0 Å². The predicted molar refractivity (Wildman–Crippen MR) is 76.9 cm³/mol. The van der Waals surface area contributed by atoms with Gasteiger partial charge < -0.3 is 9.47 Å². The summed E-state index contributed by atoms with van der Waals surface area (Å²) in [5.41, 5.74) is 1.43. The van der Waals surface area contributed by atoms with E-state index in [1.165, 1.54) is 50.3 Å². The van der Waals surface area contributed by atoms with Crippen molar-refractivity contribution in [2.45, 2.75) is 45.1 Å². The second kappa shape index (κ2) is 4.97. The minimum absolute atomic E-state index is 0.663. The number of hydrogen-bond donors (Lipinski definition) is 0. The number of nitrogens with zero attached hydrogens (tertiary/aromatic N) is 3. The van der Waals surface area contributed by atoms with Crippen molar-refractivity contribution in [1.82, 2.24) is 14.5 Å². The smallest absolute Gasteiger partial charge is 0.127 e. The molecule has 18 heavy (non-hydrogen) atoms. The fraction of sp³-hybridized carbons (Fsp3) is 0.786. The number of fused-ring (bicyclic) bond motifs is 1. The first-order valence-electron chi connectivity index (χ1n) is 7.08. The van der Waals surface area contributed by atoms with E-state index in [1.807, 2.05) is 0 Å². The van der Waals surface area contributed by atoms with Crippen LogP contribution in [0, 0.1) is 5.92 Å². The minimum atomic E-state index is 0.663. The fourth-order valence-corrected chi connectivity index (χ4v) is 3.88. The Morgan fingerprint density at radius 1 is 1.22 bits per heavy atom. The molecule has 2 aliphatic heterocycles. The SMILES string of the molecule is CC1CCc2c(Br)nc(C3CCN(C)CC3)n2C1. The summed E-state index contributed by atoms with van der Waals surface area (Å²) in [5.74, 6) is 2.80. The summed E-state index contributed by atoms with van der Waals surface area (Å²) >= 11 is 3.66. The first-order valence-corrected chi connectivity index (χ1v) is 7.87. The Morgan fingerprint density at radius 3 is 2.67 bits per heavy atom. The molecular weight excluding hydrogens is 290 g/mol. The van der Waals surface area contributed by atoms with Crippen LogP contribution in [0.15, 0.2) is 4.60 Å². The molecule has 0 amide bonds. The molecule has 0 N–H and O–H groups in total. The van der Waals surface area contributed by atoms with Crippen LogP contribution in [0.1, 0.15) is 43.6 Å². The van der Waals surface area contributed by atoms with Crippen LogP contribution in [0.3, 0.4) is 0 Å². The van der Waals surface area contributed by atoms with Crippen molar-refractivity contribution in [3.8, 4) is 0 Å². The predicted octanol–water partition coefficient (Wildman–Crippen LogP) is 3.04. The molecule has 1 aromatic heterocycles. The molecule has 1 fully saturated rings. The molecule has 100 valence electrons. The van der Waals surface area contributed by atoms with Crippen LogP contribution in [-0.4, -0.2) is 34.6 Å². The first-order chi connectivity index (χ1) is 8.65. The van der Waals surface area contributed by atoms with Gasteiger partial charge in [0.05, 0.1) is 5.69 Å². The summed E-state index contributed by atoms with van der Waals surface area (Å²) in [5, 5.41) is 0. The summed E-state index contributed by atoms with van der Waals surface area (Å²) in [6.07, 6.45) is 5.00. The van der Waals surface area contributed by atoms with Crippen molar-refractivity contribution >= 4 is 15.9 Å². The number of imidazole rings is 1. The van der Waals surface area contributed by atoms with Crippen LogP contribution in [0.5, 0.6) is 0 Å². The highest BCUT2D eigenvalue weighted by atomic mass is 79.9. The topological polar surface area (TPSA) is 21.1 Å². The molecule has 2 aliphatic rings. The average molecular weight is 312 g/mol. The molecule has 3 nitrogen and oxygen atoms in total. The van der Waals surface area contributed by atoms with Crippen LogP contribution in [0.2, 0.25) is 0 Å². The van der Waals surface area contributed by atoms with Gasteiger partial charge in [-0.2, -0.15) is 0 Å². The van der Waals surface area contributed by atoms with Crippen LogP contribution in [-0.2, 0) is 13.0 Å². The van der Waals surface area contributed by atoms with Gasteiger partial charge in [0.25, 0.3) is 0 Å². The quantitative estimate of drug-likeness (QED) is 0.795. The van der Waals surface area contributed by atoms with Crippen molar-refractivity contribution in [2.24, 2.45) is 5.92 Å². The van der Waals surface area contributed by atoms with E-state index >= 15 is 0 Å². The Hall–Kier alpha value is -0.350. The van der Waals surface area contributed by atoms with Crippen LogP contribution in [0.4, 0.5) is 0 Å². The molecule has 0 saturated carbocycles. The van der Waals surface area contributed by atoms with Crippen molar-refractivity contribution in [1.29, 1.82) is 0 Å². The van der Waals surface area contributed by atoms with Crippen LogP contribution < -0.4 is 0 Å². The molecule has 3 heterocycles. The number of rotatable bonds is 1.